The lowest BCUT2D eigenvalue weighted by molar-refractivity contribution is -0.120. The summed E-state index contributed by atoms with van der Waals surface area (Å²) in [5.74, 6) is 0.0980. The Morgan fingerprint density at radius 1 is 1.22 bits per heavy atom. The number of carbonyl (C=O) groups excluding carboxylic acids is 1. The van der Waals surface area contributed by atoms with Crippen molar-refractivity contribution in [3.8, 4) is 0 Å². The first kappa shape index (κ1) is 12.8. The van der Waals surface area contributed by atoms with Gasteiger partial charge in [0.2, 0.25) is 5.91 Å². The third-order valence-electron chi connectivity index (χ3n) is 2.89. The molecule has 2 nitrogen and oxygen atoms in total. The Morgan fingerprint density at radius 3 is 2.78 bits per heavy atom. The maximum atomic E-state index is 11.8. The predicted octanol–water partition coefficient (Wildman–Crippen LogP) is 2.96. The summed E-state index contributed by atoms with van der Waals surface area (Å²) in [6, 6.07) is 12.1. The Hall–Kier alpha value is -1.61. The van der Waals surface area contributed by atoms with E-state index >= 15 is 0 Å². The van der Waals surface area contributed by atoms with Crippen LogP contribution in [0.3, 0.4) is 0 Å². The van der Waals surface area contributed by atoms with E-state index in [-0.39, 0.29) is 5.91 Å². The van der Waals surface area contributed by atoms with Crippen LogP contribution < -0.4 is 5.32 Å². The molecule has 1 aromatic carbocycles. The normalized spacial score (nSPS) is 10.3. The molecule has 0 saturated carbocycles. The van der Waals surface area contributed by atoms with Gasteiger partial charge in [-0.15, -0.1) is 11.3 Å². The minimum atomic E-state index is 0.0980. The maximum absolute atomic E-state index is 11.8. The minimum Gasteiger partial charge on any atom is -0.355 e. The zero-order chi connectivity index (χ0) is 12.8. The minimum absolute atomic E-state index is 0.0980. The van der Waals surface area contributed by atoms with Gasteiger partial charge in [-0.2, -0.15) is 0 Å². The van der Waals surface area contributed by atoms with Gasteiger partial charge in [0.05, 0.1) is 6.42 Å². The third kappa shape index (κ3) is 3.70. The van der Waals surface area contributed by atoms with Crippen LogP contribution in [0.25, 0.3) is 0 Å². The first-order valence-corrected chi connectivity index (χ1v) is 6.97. The van der Waals surface area contributed by atoms with Crippen molar-refractivity contribution in [3.05, 3.63) is 57.8 Å². The van der Waals surface area contributed by atoms with Gasteiger partial charge in [-0.3, -0.25) is 4.79 Å². The first-order valence-electron chi connectivity index (χ1n) is 6.09. The largest absolute Gasteiger partial charge is 0.355 e. The summed E-state index contributed by atoms with van der Waals surface area (Å²) in [6.45, 7) is 2.75. The fourth-order valence-electron chi connectivity index (χ4n) is 1.82. The van der Waals surface area contributed by atoms with E-state index in [1.165, 1.54) is 10.4 Å². The fourth-order valence-corrected chi connectivity index (χ4v) is 2.53. The number of amides is 1. The number of hydrogen-bond acceptors (Lipinski definition) is 2. The average Bonchev–Trinajstić information content (AvgIpc) is 2.85. The van der Waals surface area contributed by atoms with Crippen molar-refractivity contribution < 1.29 is 4.79 Å². The molecule has 1 heterocycles. The lowest BCUT2D eigenvalue weighted by Crippen LogP contribution is -2.27. The molecule has 0 aliphatic carbocycles. The molecule has 0 saturated heterocycles. The number of thiophene rings is 1. The smallest absolute Gasteiger partial charge is 0.224 e. The number of nitrogens with one attached hydrogen (secondary N) is 1. The Bertz CT molecular complexity index is 505. The number of rotatable bonds is 5. The molecule has 1 amide bonds. The first-order chi connectivity index (χ1) is 8.75. The number of benzene rings is 1. The van der Waals surface area contributed by atoms with Gasteiger partial charge in [0.15, 0.2) is 0 Å². The molecule has 0 spiro atoms. The molecule has 0 aliphatic heterocycles. The summed E-state index contributed by atoms with van der Waals surface area (Å²) < 4.78 is 0. The molecular weight excluding hydrogens is 242 g/mol. The van der Waals surface area contributed by atoms with Crippen LogP contribution in [0.5, 0.6) is 0 Å². The Morgan fingerprint density at radius 2 is 2.06 bits per heavy atom. The van der Waals surface area contributed by atoms with E-state index in [1.807, 2.05) is 37.3 Å². The fraction of sp³-hybridized carbons (Fsp3) is 0.267. The topological polar surface area (TPSA) is 29.1 Å². The number of hydrogen-bond donors (Lipinski definition) is 1. The predicted molar refractivity (Wildman–Crippen MR) is 75.9 cm³/mol. The van der Waals surface area contributed by atoms with Crippen LogP contribution in [-0.4, -0.2) is 12.5 Å². The molecule has 18 heavy (non-hydrogen) atoms. The van der Waals surface area contributed by atoms with E-state index < -0.39 is 0 Å². The summed E-state index contributed by atoms with van der Waals surface area (Å²) in [4.78, 5) is 13.1. The van der Waals surface area contributed by atoms with Gasteiger partial charge in [0.25, 0.3) is 0 Å². The highest BCUT2D eigenvalue weighted by atomic mass is 32.1. The molecule has 1 aromatic heterocycles. The van der Waals surface area contributed by atoms with E-state index in [0.29, 0.717) is 13.0 Å². The van der Waals surface area contributed by atoms with Gasteiger partial charge in [-0.05, 0) is 35.9 Å². The van der Waals surface area contributed by atoms with Gasteiger partial charge in [-0.25, -0.2) is 0 Å². The summed E-state index contributed by atoms with van der Waals surface area (Å²) >= 11 is 1.73. The summed E-state index contributed by atoms with van der Waals surface area (Å²) in [7, 11) is 0. The molecule has 0 fully saturated rings. The van der Waals surface area contributed by atoms with Crippen molar-refractivity contribution in [2.45, 2.75) is 19.8 Å². The van der Waals surface area contributed by atoms with Crippen molar-refractivity contribution in [1.82, 2.24) is 5.32 Å². The number of carbonyl (C=O) groups is 1. The zero-order valence-corrected chi connectivity index (χ0v) is 11.3. The highest BCUT2D eigenvalue weighted by Crippen LogP contribution is 2.09. The van der Waals surface area contributed by atoms with E-state index in [0.717, 1.165) is 12.0 Å². The highest BCUT2D eigenvalue weighted by Gasteiger charge is 2.04. The van der Waals surface area contributed by atoms with Crippen molar-refractivity contribution in [2.24, 2.45) is 0 Å². The van der Waals surface area contributed by atoms with Crippen LogP contribution in [0, 0.1) is 6.92 Å². The lowest BCUT2D eigenvalue weighted by Gasteiger charge is -2.06. The van der Waals surface area contributed by atoms with Gasteiger partial charge in [0, 0.05) is 11.4 Å². The van der Waals surface area contributed by atoms with Crippen LogP contribution in [0.15, 0.2) is 41.8 Å². The third-order valence-corrected chi connectivity index (χ3v) is 3.82. The van der Waals surface area contributed by atoms with Gasteiger partial charge in [-0.1, -0.05) is 30.3 Å². The quantitative estimate of drug-likeness (QED) is 0.879. The molecule has 0 radical (unpaired) electrons. The lowest BCUT2D eigenvalue weighted by atomic mass is 10.1. The highest BCUT2D eigenvalue weighted by molar-refractivity contribution is 7.09. The molecule has 1 N–H and O–H groups in total. The van der Waals surface area contributed by atoms with Crippen LogP contribution in [0.4, 0.5) is 0 Å². The Labute approximate surface area is 112 Å². The second-order valence-electron chi connectivity index (χ2n) is 4.28. The molecule has 0 bridgehead atoms. The monoisotopic (exact) mass is 259 g/mol. The molecule has 0 atom stereocenters. The standard InChI is InChI=1S/C15H17NOS/c1-12-5-2-3-6-13(12)11-15(17)16-9-8-14-7-4-10-18-14/h2-7,10H,8-9,11H2,1H3,(H,16,17). The maximum Gasteiger partial charge on any atom is 0.224 e. The van der Waals surface area contributed by atoms with Gasteiger partial charge in [0.1, 0.15) is 0 Å². The Balaban J connectivity index is 1.77. The van der Waals surface area contributed by atoms with Crippen molar-refractivity contribution in [3.63, 3.8) is 0 Å². The second kappa shape index (κ2) is 6.36. The molecular formula is C15H17NOS. The second-order valence-corrected chi connectivity index (χ2v) is 5.31. The summed E-state index contributed by atoms with van der Waals surface area (Å²) in [5, 5.41) is 5.02. The van der Waals surface area contributed by atoms with E-state index in [2.05, 4.69) is 16.8 Å². The zero-order valence-electron chi connectivity index (χ0n) is 10.5. The van der Waals surface area contributed by atoms with E-state index in [9.17, 15) is 4.79 Å². The van der Waals surface area contributed by atoms with Gasteiger partial charge >= 0.3 is 0 Å². The van der Waals surface area contributed by atoms with Crippen LogP contribution in [-0.2, 0) is 17.6 Å². The molecule has 0 aliphatic rings. The number of aryl methyl sites for hydroxylation is 1. The molecule has 0 unspecified atom stereocenters. The van der Waals surface area contributed by atoms with Crippen LogP contribution in [0.1, 0.15) is 16.0 Å². The van der Waals surface area contributed by atoms with Gasteiger partial charge < -0.3 is 5.32 Å². The molecule has 2 rings (SSSR count). The molecule has 2 aromatic rings. The van der Waals surface area contributed by atoms with E-state index in [1.54, 1.807) is 11.3 Å². The van der Waals surface area contributed by atoms with Crippen LogP contribution in [0.2, 0.25) is 0 Å². The van der Waals surface area contributed by atoms with Crippen molar-refractivity contribution in [2.75, 3.05) is 6.54 Å². The van der Waals surface area contributed by atoms with E-state index in [4.69, 9.17) is 0 Å². The Kier molecular flexibility index (Phi) is 4.53. The van der Waals surface area contributed by atoms with Crippen molar-refractivity contribution >= 4 is 17.2 Å². The van der Waals surface area contributed by atoms with Crippen LogP contribution >= 0.6 is 11.3 Å². The summed E-state index contributed by atoms with van der Waals surface area (Å²) in [5.41, 5.74) is 2.28. The average molecular weight is 259 g/mol. The molecule has 94 valence electrons. The molecule has 3 heteroatoms. The van der Waals surface area contributed by atoms with Crippen molar-refractivity contribution in [1.29, 1.82) is 0 Å². The SMILES string of the molecule is Cc1ccccc1CC(=O)NCCc1cccs1. The summed E-state index contributed by atoms with van der Waals surface area (Å²) in [6.07, 6.45) is 1.38.